The fourth-order valence-electron chi connectivity index (χ4n) is 11.3. The maximum Gasteiger partial charge on any atom is 0.306 e. The van der Waals surface area contributed by atoms with Crippen LogP contribution in [0.3, 0.4) is 0 Å². The molecule has 1 atom stereocenters. The summed E-state index contributed by atoms with van der Waals surface area (Å²) in [5, 5.41) is 9.72. The van der Waals surface area contributed by atoms with E-state index in [0.717, 1.165) is 89.9 Å². The first-order chi connectivity index (χ1) is 42.6. The highest BCUT2D eigenvalue weighted by molar-refractivity contribution is 5.70. The molecule has 5 nitrogen and oxygen atoms in total. The van der Waals surface area contributed by atoms with Crippen LogP contribution in [0.1, 0.15) is 386 Å². The Morgan fingerprint density at radius 2 is 0.465 bits per heavy atom. The zero-order valence-electron chi connectivity index (χ0n) is 57.3. The minimum absolute atomic E-state index is 0.0626. The molecule has 1 N–H and O–H groups in total. The van der Waals surface area contributed by atoms with E-state index in [4.69, 9.17) is 9.47 Å². The van der Waals surface area contributed by atoms with Gasteiger partial charge in [-0.05, 0) is 89.9 Å². The summed E-state index contributed by atoms with van der Waals surface area (Å²) in [4.78, 5) is 24.7. The van der Waals surface area contributed by atoms with Crippen LogP contribution in [0.4, 0.5) is 0 Å². The molecule has 0 amide bonds. The predicted molar refractivity (Wildman–Crippen MR) is 380 cm³/mol. The van der Waals surface area contributed by atoms with Crippen LogP contribution < -0.4 is 0 Å². The molecule has 0 radical (unpaired) electrons. The average molecular weight is 1200 g/mol. The molecule has 0 aromatic heterocycles. The Balaban J connectivity index is 3.38. The second-order valence-corrected chi connectivity index (χ2v) is 25.3. The number of unbranched alkanes of at least 4 members (excludes halogenated alkanes) is 46. The van der Waals surface area contributed by atoms with Gasteiger partial charge in [-0.3, -0.25) is 9.59 Å². The number of aliphatic hydroxyl groups excluding tert-OH is 1. The number of hydrogen-bond donors (Lipinski definition) is 1. The summed E-state index contributed by atoms with van der Waals surface area (Å²) in [5.41, 5.74) is 0. The van der Waals surface area contributed by atoms with E-state index in [9.17, 15) is 14.7 Å². The normalized spacial score (nSPS) is 12.7. The van der Waals surface area contributed by atoms with E-state index in [2.05, 4.69) is 111 Å². The van der Waals surface area contributed by atoms with Gasteiger partial charge in [0.2, 0.25) is 0 Å². The molecular weight excluding hydrogens is 1050 g/mol. The second-order valence-electron chi connectivity index (χ2n) is 25.3. The van der Waals surface area contributed by atoms with Crippen molar-refractivity contribution in [3.63, 3.8) is 0 Å². The van der Waals surface area contributed by atoms with Crippen LogP contribution >= 0.6 is 0 Å². The Hall–Kier alpha value is -3.18. The summed E-state index contributed by atoms with van der Waals surface area (Å²) < 4.78 is 10.8. The van der Waals surface area contributed by atoms with Gasteiger partial charge >= 0.3 is 11.9 Å². The fraction of sp³-hybridized carbons (Fsp3) is 0.778. The van der Waals surface area contributed by atoms with Crippen molar-refractivity contribution in [2.24, 2.45) is 0 Å². The summed E-state index contributed by atoms with van der Waals surface area (Å²) in [6.07, 6.45) is 109. The van der Waals surface area contributed by atoms with Gasteiger partial charge in [-0.1, -0.05) is 381 Å². The van der Waals surface area contributed by atoms with Crippen LogP contribution in [-0.4, -0.2) is 36.4 Å². The Morgan fingerprint density at radius 1 is 0.267 bits per heavy atom. The van der Waals surface area contributed by atoms with Gasteiger partial charge in [0, 0.05) is 12.8 Å². The molecule has 498 valence electrons. The van der Waals surface area contributed by atoms with Crippen LogP contribution in [-0.2, 0) is 19.1 Å². The van der Waals surface area contributed by atoms with E-state index in [-0.39, 0.29) is 25.2 Å². The lowest BCUT2D eigenvalue weighted by molar-refractivity contribution is -0.161. The van der Waals surface area contributed by atoms with Crippen molar-refractivity contribution in [1.29, 1.82) is 0 Å². The number of rotatable bonds is 70. The zero-order chi connectivity index (χ0) is 61.9. The molecule has 86 heavy (non-hydrogen) atoms. The van der Waals surface area contributed by atoms with Crippen molar-refractivity contribution in [2.75, 3.05) is 13.2 Å². The summed E-state index contributed by atoms with van der Waals surface area (Å²) in [5.74, 6) is -0.571. The summed E-state index contributed by atoms with van der Waals surface area (Å²) in [6, 6.07) is 0. The topological polar surface area (TPSA) is 72.8 Å². The van der Waals surface area contributed by atoms with Gasteiger partial charge in [-0.2, -0.15) is 0 Å². The maximum absolute atomic E-state index is 12.4. The Morgan fingerprint density at radius 3 is 0.698 bits per heavy atom. The van der Waals surface area contributed by atoms with Gasteiger partial charge in [0.15, 0.2) is 6.10 Å². The standard InChI is InChI=1S/C81H144O5/c1-3-5-7-9-11-13-15-17-19-21-23-25-27-29-31-33-35-36-37-38-39-40-41-42-43-44-46-48-50-52-54-56-58-60-62-64-66-68-70-72-74-76-81(84)86-79(77-82)78-85-80(83)75-73-71-69-67-65-63-61-59-57-55-53-51-49-47-45-34-32-30-28-26-24-22-20-18-16-14-12-10-8-6-4-2/h5-8,11-14,17-20,23-26,79,82H,3-4,9-10,15-16,21-22,27-78H2,1-2H3/b7-5-,8-6-,13-11-,14-12-,19-17-,20-18-,25-23-,26-24-. The molecule has 0 spiro atoms. The quantitative estimate of drug-likeness (QED) is 0.0373. The Bertz CT molecular complexity index is 1600. The molecule has 0 fully saturated rings. The smallest absolute Gasteiger partial charge is 0.306 e. The number of carbonyl (C=O) groups excluding carboxylic acids is 2. The molecule has 5 heteroatoms. The number of ether oxygens (including phenoxy) is 2. The van der Waals surface area contributed by atoms with Crippen molar-refractivity contribution in [3.8, 4) is 0 Å². The monoisotopic (exact) mass is 1200 g/mol. The second kappa shape index (κ2) is 76.1. The lowest BCUT2D eigenvalue weighted by Gasteiger charge is -2.15. The van der Waals surface area contributed by atoms with Gasteiger partial charge in [-0.15, -0.1) is 0 Å². The van der Waals surface area contributed by atoms with Crippen LogP contribution in [0.5, 0.6) is 0 Å². The first kappa shape index (κ1) is 82.8. The van der Waals surface area contributed by atoms with E-state index >= 15 is 0 Å². The number of allylic oxidation sites excluding steroid dienone is 16. The number of aliphatic hydroxyl groups is 1. The summed E-state index contributed by atoms with van der Waals surface area (Å²) in [7, 11) is 0. The first-order valence-electron chi connectivity index (χ1n) is 37.8. The number of hydrogen-bond acceptors (Lipinski definition) is 5. The van der Waals surface area contributed by atoms with Gasteiger partial charge < -0.3 is 14.6 Å². The van der Waals surface area contributed by atoms with E-state index in [1.54, 1.807) is 0 Å². The molecule has 0 heterocycles. The minimum atomic E-state index is -0.774. The minimum Gasteiger partial charge on any atom is -0.462 e. The van der Waals surface area contributed by atoms with Gasteiger partial charge in [0.05, 0.1) is 6.61 Å². The molecule has 0 aromatic carbocycles. The van der Waals surface area contributed by atoms with Crippen molar-refractivity contribution in [3.05, 3.63) is 97.2 Å². The fourth-order valence-corrected chi connectivity index (χ4v) is 11.3. The molecule has 0 saturated heterocycles. The van der Waals surface area contributed by atoms with Crippen molar-refractivity contribution in [2.45, 2.75) is 392 Å². The molecule has 0 aliphatic rings. The van der Waals surface area contributed by atoms with E-state index < -0.39 is 6.10 Å². The Kier molecular flexibility index (Phi) is 73.3. The summed E-state index contributed by atoms with van der Waals surface area (Å²) >= 11 is 0. The van der Waals surface area contributed by atoms with E-state index in [0.29, 0.717) is 12.8 Å². The molecular formula is C81H144O5. The highest BCUT2D eigenvalue weighted by Gasteiger charge is 2.16. The van der Waals surface area contributed by atoms with Crippen molar-refractivity contribution < 1.29 is 24.2 Å². The lowest BCUT2D eigenvalue weighted by atomic mass is 10.0. The lowest BCUT2D eigenvalue weighted by Crippen LogP contribution is -2.28. The van der Waals surface area contributed by atoms with Gasteiger partial charge in [0.25, 0.3) is 0 Å². The average Bonchev–Trinajstić information content (AvgIpc) is 3.54. The Labute approximate surface area is 536 Å². The zero-order valence-corrected chi connectivity index (χ0v) is 57.3. The molecule has 0 aromatic rings. The summed E-state index contributed by atoms with van der Waals surface area (Å²) in [6.45, 7) is 3.96. The third kappa shape index (κ3) is 73.3. The highest BCUT2D eigenvalue weighted by Crippen LogP contribution is 2.19. The molecule has 0 rings (SSSR count). The van der Waals surface area contributed by atoms with Gasteiger partial charge in [-0.25, -0.2) is 0 Å². The molecule has 0 saturated carbocycles. The maximum atomic E-state index is 12.4. The molecule has 0 aliphatic carbocycles. The van der Waals surface area contributed by atoms with Gasteiger partial charge in [0.1, 0.15) is 6.61 Å². The van der Waals surface area contributed by atoms with Crippen molar-refractivity contribution >= 4 is 11.9 Å². The van der Waals surface area contributed by atoms with Crippen LogP contribution in [0.15, 0.2) is 97.2 Å². The van der Waals surface area contributed by atoms with E-state index in [1.807, 2.05) is 0 Å². The van der Waals surface area contributed by atoms with Crippen LogP contribution in [0, 0.1) is 0 Å². The highest BCUT2D eigenvalue weighted by atomic mass is 16.6. The largest absolute Gasteiger partial charge is 0.462 e. The third-order valence-corrected chi connectivity index (χ3v) is 16.9. The molecule has 0 bridgehead atoms. The van der Waals surface area contributed by atoms with Crippen molar-refractivity contribution in [1.82, 2.24) is 0 Å². The van der Waals surface area contributed by atoms with E-state index in [1.165, 1.54) is 270 Å². The number of esters is 2. The first-order valence-corrected chi connectivity index (χ1v) is 37.8. The van der Waals surface area contributed by atoms with Crippen LogP contribution in [0.2, 0.25) is 0 Å². The molecule has 0 aliphatic heterocycles. The SMILES string of the molecule is CC/C=C\C/C=C\C/C=C\C/C=C\CCCCCCCCCCCCCCCCCCCCCCCCCCCCCCC(=O)OC(CO)COC(=O)CCCCCCCCCCCCCCCCCCCC/C=C\C/C=C\C/C=C\C/C=C\CC. The van der Waals surface area contributed by atoms with Crippen LogP contribution in [0.25, 0.3) is 0 Å². The number of carbonyl (C=O) groups is 2. The predicted octanol–water partition coefficient (Wildman–Crippen LogP) is 26.5. The molecule has 1 unspecified atom stereocenters. The third-order valence-electron chi connectivity index (χ3n) is 16.9.